The normalized spacial score (nSPS) is 25.6. The molecule has 124 valence electrons. The van der Waals surface area contributed by atoms with Gasteiger partial charge in [-0.25, -0.2) is 0 Å². The fourth-order valence-corrected chi connectivity index (χ4v) is 3.65. The van der Waals surface area contributed by atoms with Gasteiger partial charge in [0.05, 0.1) is 31.0 Å². The second kappa shape index (κ2) is 6.17. The molecule has 2 saturated heterocycles. The van der Waals surface area contributed by atoms with E-state index >= 15 is 0 Å². The zero-order valence-corrected chi connectivity index (χ0v) is 13.3. The molecule has 1 aromatic rings. The lowest BCUT2D eigenvalue weighted by atomic mass is 9.79. The van der Waals surface area contributed by atoms with Crippen LogP contribution < -0.4 is 0 Å². The minimum absolute atomic E-state index is 0.0183. The van der Waals surface area contributed by atoms with Gasteiger partial charge in [0.15, 0.2) is 0 Å². The third-order valence-electron chi connectivity index (χ3n) is 5.30. The van der Waals surface area contributed by atoms with E-state index in [2.05, 4.69) is 10.2 Å². The average Bonchev–Trinajstić information content (AvgIpc) is 3.28. The van der Waals surface area contributed by atoms with Gasteiger partial charge in [-0.1, -0.05) is 0 Å². The van der Waals surface area contributed by atoms with Crippen molar-refractivity contribution in [2.75, 3.05) is 32.9 Å². The van der Waals surface area contributed by atoms with E-state index in [1.165, 1.54) is 19.0 Å². The molecule has 1 aromatic heterocycles. The Bertz CT molecular complexity index is 555. The quantitative estimate of drug-likeness (QED) is 0.744. The smallest absolute Gasteiger partial charge is 0.255 e. The van der Waals surface area contributed by atoms with Gasteiger partial charge in [0.25, 0.3) is 5.91 Å². The zero-order valence-electron chi connectivity index (χ0n) is 13.3. The molecule has 0 radical (unpaired) electrons. The molecule has 4 rings (SSSR count). The highest BCUT2D eigenvalue weighted by molar-refractivity contribution is 5.94. The van der Waals surface area contributed by atoms with Crippen LogP contribution >= 0.6 is 0 Å². The fraction of sp³-hybridized carbons (Fsp3) is 0.706. The van der Waals surface area contributed by atoms with Gasteiger partial charge >= 0.3 is 0 Å². The number of hydrogen-bond donors (Lipinski definition) is 0. The summed E-state index contributed by atoms with van der Waals surface area (Å²) in [6, 6.07) is 1.71. The molecule has 0 N–H and O–H groups in total. The van der Waals surface area contributed by atoms with E-state index in [9.17, 15) is 4.79 Å². The first-order chi connectivity index (χ1) is 11.3. The molecular weight excluding hydrogens is 294 g/mol. The first-order valence-corrected chi connectivity index (χ1v) is 8.54. The number of amides is 1. The summed E-state index contributed by atoms with van der Waals surface area (Å²) < 4.78 is 11.8. The lowest BCUT2D eigenvalue weighted by Crippen LogP contribution is -2.66. The van der Waals surface area contributed by atoms with Crippen molar-refractivity contribution in [3.63, 3.8) is 0 Å². The molecule has 3 heterocycles. The standard InChI is InChI=1S/C17H23N3O3/c21-16(14-3-6-18-19-9-14)20-11-17(12-20)15(5-8-23-17)4-7-22-10-13-1-2-13/h3,6,9,13,15H,1-2,4-5,7-8,10-12H2. The Morgan fingerprint density at radius 2 is 2.22 bits per heavy atom. The van der Waals surface area contributed by atoms with Gasteiger partial charge in [0.1, 0.15) is 5.60 Å². The zero-order chi connectivity index (χ0) is 15.7. The lowest BCUT2D eigenvalue weighted by molar-refractivity contribution is -0.120. The van der Waals surface area contributed by atoms with Crippen LogP contribution in [0.15, 0.2) is 18.5 Å². The Kier molecular flexibility index (Phi) is 4.03. The third-order valence-corrected chi connectivity index (χ3v) is 5.30. The van der Waals surface area contributed by atoms with Crippen LogP contribution in [0.25, 0.3) is 0 Å². The van der Waals surface area contributed by atoms with Crippen LogP contribution in [-0.4, -0.2) is 59.5 Å². The predicted molar refractivity (Wildman–Crippen MR) is 82.9 cm³/mol. The van der Waals surface area contributed by atoms with Crippen molar-refractivity contribution in [2.45, 2.75) is 31.3 Å². The van der Waals surface area contributed by atoms with Crippen molar-refractivity contribution >= 4 is 5.91 Å². The first kappa shape index (κ1) is 15.0. The van der Waals surface area contributed by atoms with Crippen molar-refractivity contribution in [3.8, 4) is 0 Å². The van der Waals surface area contributed by atoms with E-state index in [1.54, 1.807) is 12.3 Å². The maximum atomic E-state index is 12.4. The molecule has 3 aliphatic rings. The summed E-state index contributed by atoms with van der Waals surface area (Å²) in [4.78, 5) is 14.2. The highest BCUT2D eigenvalue weighted by Gasteiger charge is 2.54. The van der Waals surface area contributed by atoms with Crippen molar-refractivity contribution in [2.24, 2.45) is 11.8 Å². The molecule has 1 saturated carbocycles. The van der Waals surface area contributed by atoms with Crippen molar-refractivity contribution in [1.29, 1.82) is 0 Å². The number of nitrogens with zero attached hydrogens (tertiary/aromatic N) is 3. The molecule has 0 aromatic carbocycles. The maximum absolute atomic E-state index is 12.4. The van der Waals surface area contributed by atoms with Crippen LogP contribution in [0, 0.1) is 11.8 Å². The molecular formula is C17H23N3O3. The summed E-state index contributed by atoms with van der Waals surface area (Å²) in [5.41, 5.74) is 0.455. The molecule has 1 spiro atoms. The van der Waals surface area contributed by atoms with Gasteiger partial charge in [0, 0.05) is 19.8 Å². The van der Waals surface area contributed by atoms with E-state index in [4.69, 9.17) is 9.47 Å². The van der Waals surface area contributed by atoms with Crippen LogP contribution in [0.4, 0.5) is 0 Å². The van der Waals surface area contributed by atoms with Gasteiger partial charge < -0.3 is 14.4 Å². The SMILES string of the molecule is O=C(c1ccnnc1)N1CC2(C1)OCCC2CCOCC1CC1. The molecule has 0 bridgehead atoms. The second-order valence-corrected chi connectivity index (χ2v) is 7.00. The first-order valence-electron chi connectivity index (χ1n) is 8.54. The van der Waals surface area contributed by atoms with Crippen molar-refractivity contribution < 1.29 is 14.3 Å². The summed E-state index contributed by atoms with van der Waals surface area (Å²) in [5.74, 6) is 1.33. The minimum atomic E-state index is -0.140. The number of carbonyl (C=O) groups excluding carboxylic acids is 1. The molecule has 3 fully saturated rings. The number of rotatable bonds is 6. The van der Waals surface area contributed by atoms with E-state index in [0.29, 0.717) is 24.6 Å². The Balaban J connectivity index is 1.28. The van der Waals surface area contributed by atoms with E-state index < -0.39 is 0 Å². The molecule has 1 unspecified atom stereocenters. The van der Waals surface area contributed by atoms with Gasteiger partial charge in [-0.2, -0.15) is 10.2 Å². The molecule has 6 nitrogen and oxygen atoms in total. The molecule has 1 atom stereocenters. The van der Waals surface area contributed by atoms with Crippen LogP contribution in [0.2, 0.25) is 0 Å². The topological polar surface area (TPSA) is 64.6 Å². The Morgan fingerprint density at radius 3 is 2.96 bits per heavy atom. The summed E-state index contributed by atoms with van der Waals surface area (Å²) in [6.45, 7) is 3.89. The maximum Gasteiger partial charge on any atom is 0.255 e. The lowest BCUT2D eigenvalue weighted by Gasteiger charge is -2.50. The Morgan fingerprint density at radius 1 is 1.35 bits per heavy atom. The number of aromatic nitrogens is 2. The largest absolute Gasteiger partial charge is 0.381 e. The number of carbonyl (C=O) groups is 1. The van der Waals surface area contributed by atoms with Crippen LogP contribution in [0.5, 0.6) is 0 Å². The monoisotopic (exact) mass is 317 g/mol. The minimum Gasteiger partial charge on any atom is -0.381 e. The molecule has 2 aliphatic heterocycles. The Labute approximate surface area is 136 Å². The average molecular weight is 317 g/mol. The van der Waals surface area contributed by atoms with Crippen LogP contribution in [0.1, 0.15) is 36.0 Å². The third kappa shape index (κ3) is 3.10. The number of ether oxygens (including phenoxy) is 2. The predicted octanol–water partition coefficient (Wildman–Crippen LogP) is 1.52. The van der Waals surface area contributed by atoms with E-state index in [1.807, 2.05) is 4.90 Å². The molecule has 1 aliphatic carbocycles. The molecule has 6 heteroatoms. The summed E-state index contributed by atoms with van der Waals surface area (Å²) in [5, 5.41) is 7.49. The fourth-order valence-electron chi connectivity index (χ4n) is 3.65. The molecule has 1 amide bonds. The second-order valence-electron chi connectivity index (χ2n) is 7.00. The summed E-state index contributed by atoms with van der Waals surface area (Å²) in [6.07, 6.45) is 7.84. The van der Waals surface area contributed by atoms with Gasteiger partial charge in [-0.3, -0.25) is 4.79 Å². The number of hydrogen-bond acceptors (Lipinski definition) is 5. The van der Waals surface area contributed by atoms with Crippen LogP contribution in [0.3, 0.4) is 0 Å². The van der Waals surface area contributed by atoms with Gasteiger partial charge in [-0.05, 0) is 43.6 Å². The number of likely N-dealkylation sites (tertiary alicyclic amines) is 1. The van der Waals surface area contributed by atoms with E-state index in [0.717, 1.165) is 38.6 Å². The highest BCUT2D eigenvalue weighted by atomic mass is 16.5. The summed E-state index contributed by atoms with van der Waals surface area (Å²) in [7, 11) is 0. The molecule has 23 heavy (non-hydrogen) atoms. The van der Waals surface area contributed by atoms with Crippen molar-refractivity contribution in [3.05, 3.63) is 24.0 Å². The van der Waals surface area contributed by atoms with Crippen LogP contribution in [-0.2, 0) is 9.47 Å². The summed E-state index contributed by atoms with van der Waals surface area (Å²) >= 11 is 0. The van der Waals surface area contributed by atoms with Crippen molar-refractivity contribution in [1.82, 2.24) is 15.1 Å². The highest BCUT2D eigenvalue weighted by Crippen LogP contribution is 2.42. The Hall–Kier alpha value is -1.53. The van der Waals surface area contributed by atoms with Gasteiger partial charge in [0.2, 0.25) is 0 Å². The van der Waals surface area contributed by atoms with Gasteiger partial charge in [-0.15, -0.1) is 0 Å². The van der Waals surface area contributed by atoms with E-state index in [-0.39, 0.29) is 11.5 Å².